The number of ether oxygens (including phenoxy) is 1. The van der Waals surface area contributed by atoms with E-state index in [2.05, 4.69) is 0 Å². The molecule has 26 heavy (non-hydrogen) atoms. The molecule has 0 bridgehead atoms. The maximum absolute atomic E-state index is 12.4. The van der Waals surface area contributed by atoms with Crippen LogP contribution in [0.1, 0.15) is 43.2 Å². The molecule has 1 amide bonds. The van der Waals surface area contributed by atoms with Gasteiger partial charge < -0.3 is 9.64 Å². The average molecular weight is 349 g/mol. The first-order valence-electron chi connectivity index (χ1n) is 9.44. The van der Waals surface area contributed by atoms with Gasteiger partial charge in [-0.3, -0.25) is 4.79 Å². The van der Waals surface area contributed by atoms with Gasteiger partial charge in [0, 0.05) is 19.2 Å². The summed E-state index contributed by atoms with van der Waals surface area (Å²) in [5.74, 6) is 0.886. The van der Waals surface area contributed by atoms with Crippen LogP contribution in [0, 0.1) is 0 Å². The van der Waals surface area contributed by atoms with Crippen LogP contribution in [-0.4, -0.2) is 23.9 Å². The van der Waals surface area contributed by atoms with E-state index in [4.69, 9.17) is 4.74 Å². The molecule has 0 spiro atoms. The van der Waals surface area contributed by atoms with E-state index in [0.29, 0.717) is 12.6 Å². The zero-order valence-electron chi connectivity index (χ0n) is 15.4. The largest absolute Gasteiger partial charge is 0.489 e. The van der Waals surface area contributed by atoms with E-state index >= 15 is 0 Å². The Morgan fingerprint density at radius 2 is 1.85 bits per heavy atom. The molecule has 1 saturated carbocycles. The lowest BCUT2D eigenvalue weighted by Crippen LogP contribution is -2.37. The van der Waals surface area contributed by atoms with Gasteiger partial charge in [-0.15, -0.1) is 0 Å². The summed E-state index contributed by atoms with van der Waals surface area (Å²) >= 11 is 0. The smallest absolute Gasteiger partial charge is 0.246 e. The third kappa shape index (κ3) is 5.22. The van der Waals surface area contributed by atoms with E-state index < -0.39 is 0 Å². The van der Waals surface area contributed by atoms with Crippen LogP contribution in [0.15, 0.2) is 60.7 Å². The predicted octanol–water partition coefficient (Wildman–Crippen LogP) is 5.07. The molecule has 0 N–H and O–H groups in total. The zero-order valence-corrected chi connectivity index (χ0v) is 15.4. The van der Waals surface area contributed by atoms with E-state index in [1.165, 1.54) is 19.3 Å². The average Bonchev–Trinajstić information content (AvgIpc) is 2.71. The molecular weight excluding hydrogens is 322 g/mol. The van der Waals surface area contributed by atoms with Crippen molar-refractivity contribution < 1.29 is 9.53 Å². The number of rotatable bonds is 6. The number of nitrogens with zero attached hydrogens (tertiary/aromatic N) is 1. The van der Waals surface area contributed by atoms with Gasteiger partial charge >= 0.3 is 0 Å². The molecule has 0 unspecified atom stereocenters. The molecule has 1 aliphatic rings. The first-order chi connectivity index (χ1) is 12.7. The molecule has 1 fully saturated rings. The van der Waals surface area contributed by atoms with E-state index in [-0.39, 0.29) is 5.91 Å². The van der Waals surface area contributed by atoms with Crippen molar-refractivity contribution in [3.63, 3.8) is 0 Å². The van der Waals surface area contributed by atoms with Crippen LogP contribution in [0.2, 0.25) is 0 Å². The SMILES string of the molecule is CN(C(=O)/C=C/c1cccc(OCc2ccccc2)c1)C1CCCCC1. The Bertz CT molecular complexity index is 733. The highest BCUT2D eigenvalue weighted by Gasteiger charge is 2.20. The van der Waals surface area contributed by atoms with Gasteiger partial charge in [0.15, 0.2) is 0 Å². The lowest BCUT2D eigenvalue weighted by atomic mass is 9.94. The fourth-order valence-electron chi connectivity index (χ4n) is 3.38. The summed E-state index contributed by atoms with van der Waals surface area (Å²) in [5.41, 5.74) is 2.11. The summed E-state index contributed by atoms with van der Waals surface area (Å²) in [4.78, 5) is 14.3. The van der Waals surface area contributed by atoms with Crippen LogP contribution < -0.4 is 4.74 Å². The van der Waals surface area contributed by atoms with Gasteiger partial charge in [0.2, 0.25) is 5.91 Å². The minimum absolute atomic E-state index is 0.0764. The number of benzene rings is 2. The molecule has 2 aromatic rings. The topological polar surface area (TPSA) is 29.5 Å². The lowest BCUT2D eigenvalue weighted by molar-refractivity contribution is -0.127. The second-order valence-corrected chi connectivity index (χ2v) is 6.92. The highest BCUT2D eigenvalue weighted by atomic mass is 16.5. The second kappa shape index (κ2) is 9.23. The molecule has 3 nitrogen and oxygen atoms in total. The van der Waals surface area contributed by atoms with Gasteiger partial charge in [0.05, 0.1) is 0 Å². The molecule has 136 valence electrons. The summed E-state index contributed by atoms with van der Waals surface area (Å²) in [6.07, 6.45) is 9.55. The molecule has 0 aromatic heterocycles. The highest BCUT2D eigenvalue weighted by Crippen LogP contribution is 2.22. The van der Waals surface area contributed by atoms with Gasteiger partial charge in [-0.2, -0.15) is 0 Å². The summed E-state index contributed by atoms with van der Waals surface area (Å²) in [6, 6.07) is 18.3. The van der Waals surface area contributed by atoms with Gasteiger partial charge in [-0.1, -0.05) is 61.7 Å². The highest BCUT2D eigenvalue weighted by molar-refractivity contribution is 5.91. The van der Waals surface area contributed by atoms with Crippen molar-refractivity contribution in [1.29, 1.82) is 0 Å². The summed E-state index contributed by atoms with van der Waals surface area (Å²) < 4.78 is 5.85. The Labute approximate surface area is 156 Å². The van der Waals surface area contributed by atoms with Crippen molar-refractivity contribution in [2.24, 2.45) is 0 Å². The Balaban J connectivity index is 1.57. The molecular formula is C23H27NO2. The summed E-state index contributed by atoms with van der Waals surface area (Å²) in [7, 11) is 1.92. The van der Waals surface area contributed by atoms with Crippen LogP contribution in [0.3, 0.4) is 0 Å². The minimum Gasteiger partial charge on any atom is -0.489 e. The summed E-state index contributed by atoms with van der Waals surface area (Å²) in [5, 5.41) is 0. The minimum atomic E-state index is 0.0764. The number of hydrogen-bond acceptors (Lipinski definition) is 2. The van der Waals surface area contributed by atoms with Crippen molar-refractivity contribution in [3.05, 3.63) is 71.8 Å². The molecule has 0 heterocycles. The Hall–Kier alpha value is -2.55. The molecule has 0 aliphatic heterocycles. The van der Waals surface area contributed by atoms with E-state index in [1.54, 1.807) is 6.08 Å². The standard InChI is InChI=1S/C23H27NO2/c1-24(21-12-6-3-7-13-21)23(25)16-15-19-11-8-14-22(17-19)26-18-20-9-4-2-5-10-20/h2,4-5,8-11,14-17,21H,3,6-7,12-13,18H2,1H3/b16-15+. The molecule has 1 aliphatic carbocycles. The molecule has 3 heteroatoms. The number of carbonyl (C=O) groups excluding carboxylic acids is 1. The quantitative estimate of drug-likeness (QED) is 0.682. The van der Waals surface area contributed by atoms with Crippen molar-refractivity contribution in [3.8, 4) is 5.75 Å². The van der Waals surface area contributed by atoms with Crippen molar-refractivity contribution >= 4 is 12.0 Å². The van der Waals surface area contributed by atoms with Gasteiger partial charge in [0.1, 0.15) is 12.4 Å². The molecule has 0 saturated heterocycles. The first-order valence-corrected chi connectivity index (χ1v) is 9.44. The predicted molar refractivity (Wildman–Crippen MR) is 106 cm³/mol. The molecule has 2 aromatic carbocycles. The summed E-state index contributed by atoms with van der Waals surface area (Å²) in [6.45, 7) is 0.539. The fourth-order valence-corrected chi connectivity index (χ4v) is 3.38. The van der Waals surface area contributed by atoms with Crippen LogP contribution in [0.4, 0.5) is 0 Å². The van der Waals surface area contributed by atoms with Gasteiger partial charge in [0.25, 0.3) is 0 Å². The van der Waals surface area contributed by atoms with Crippen LogP contribution in [0.5, 0.6) is 5.75 Å². The Morgan fingerprint density at radius 3 is 2.62 bits per heavy atom. The lowest BCUT2D eigenvalue weighted by Gasteiger charge is -2.30. The maximum Gasteiger partial charge on any atom is 0.246 e. The van der Waals surface area contributed by atoms with Crippen LogP contribution >= 0.6 is 0 Å². The van der Waals surface area contributed by atoms with Crippen molar-refractivity contribution in [2.45, 2.75) is 44.8 Å². The third-order valence-electron chi connectivity index (χ3n) is 4.99. The van der Waals surface area contributed by atoms with Gasteiger partial charge in [-0.25, -0.2) is 0 Å². The third-order valence-corrected chi connectivity index (χ3v) is 4.99. The van der Waals surface area contributed by atoms with Crippen LogP contribution in [-0.2, 0) is 11.4 Å². The monoisotopic (exact) mass is 349 g/mol. The van der Waals surface area contributed by atoms with Crippen molar-refractivity contribution in [2.75, 3.05) is 7.05 Å². The molecule has 0 radical (unpaired) electrons. The second-order valence-electron chi connectivity index (χ2n) is 6.92. The number of carbonyl (C=O) groups is 1. The Kier molecular flexibility index (Phi) is 6.48. The number of amides is 1. The Morgan fingerprint density at radius 1 is 1.08 bits per heavy atom. The molecule has 3 rings (SSSR count). The van der Waals surface area contributed by atoms with Gasteiger partial charge in [-0.05, 0) is 42.2 Å². The van der Waals surface area contributed by atoms with Crippen LogP contribution in [0.25, 0.3) is 6.08 Å². The normalized spacial score (nSPS) is 15.1. The fraction of sp³-hybridized carbons (Fsp3) is 0.348. The van der Waals surface area contributed by atoms with E-state index in [1.807, 2.05) is 72.6 Å². The first kappa shape index (κ1) is 18.2. The van der Waals surface area contributed by atoms with Crippen molar-refractivity contribution in [1.82, 2.24) is 4.90 Å². The zero-order chi connectivity index (χ0) is 18.2. The number of hydrogen-bond donors (Lipinski definition) is 0. The number of likely N-dealkylation sites (N-methyl/N-ethyl adjacent to an activating group) is 1. The van der Waals surface area contributed by atoms with E-state index in [0.717, 1.165) is 29.7 Å². The van der Waals surface area contributed by atoms with E-state index in [9.17, 15) is 4.79 Å². The maximum atomic E-state index is 12.4. The molecule has 0 atom stereocenters.